The summed E-state index contributed by atoms with van der Waals surface area (Å²) in [5.74, 6) is -8.00. The first kappa shape index (κ1) is 50.2. The van der Waals surface area contributed by atoms with Gasteiger partial charge in [0, 0.05) is 11.3 Å². The van der Waals surface area contributed by atoms with Crippen LogP contribution in [-0.4, -0.2) is 127 Å². The Kier molecular flexibility index (Phi) is 19.8. The predicted octanol–water partition coefficient (Wildman–Crippen LogP) is 0.0364. The predicted molar refractivity (Wildman–Crippen MR) is 193 cm³/mol. The number of carbonyl (C=O) groups is 6. The van der Waals surface area contributed by atoms with E-state index >= 15 is 0 Å². The largest absolute Gasteiger partial charge is 0.478 e. The van der Waals surface area contributed by atoms with Gasteiger partial charge < -0.3 is 51.3 Å². The van der Waals surface area contributed by atoms with Crippen LogP contribution >= 0.6 is 0 Å². The molecule has 16 nitrogen and oxygen atoms in total. The first-order valence-corrected chi connectivity index (χ1v) is 15.5. The van der Waals surface area contributed by atoms with Gasteiger partial charge in [-0.05, 0) is 81.2 Å². The zero-order chi connectivity index (χ0) is 42.3. The van der Waals surface area contributed by atoms with E-state index < -0.39 is 119 Å². The van der Waals surface area contributed by atoms with E-state index in [0.717, 1.165) is 27.7 Å². The van der Waals surface area contributed by atoms with Crippen molar-refractivity contribution in [2.75, 3.05) is 45.4 Å². The van der Waals surface area contributed by atoms with Crippen LogP contribution in [0.15, 0.2) is 85.0 Å². The van der Waals surface area contributed by atoms with Gasteiger partial charge in [-0.1, -0.05) is 32.9 Å². The van der Waals surface area contributed by atoms with Crippen LogP contribution in [0.5, 0.6) is 0 Å². The molecule has 294 valence electrons. The number of hydrogen-bond donors (Lipinski definition) is 9. The van der Waals surface area contributed by atoms with Crippen molar-refractivity contribution >= 4 is 40.8 Å². The molecule has 0 saturated heterocycles. The van der Waals surface area contributed by atoms with Crippen LogP contribution in [0.4, 0.5) is 5.69 Å². The summed E-state index contributed by atoms with van der Waals surface area (Å²) in [6, 6.07) is 6.06. The quantitative estimate of drug-likeness (QED) is 0.0390. The van der Waals surface area contributed by atoms with Gasteiger partial charge in [-0.2, -0.15) is 0 Å². The van der Waals surface area contributed by atoms with Crippen molar-refractivity contribution in [2.45, 2.75) is 45.8 Å². The molecule has 0 unspecified atom stereocenters. The van der Waals surface area contributed by atoms with E-state index in [4.69, 9.17) is 36.0 Å². The Hall–Kier alpha value is -4.94. The third-order valence-corrected chi connectivity index (χ3v) is 7.85. The third-order valence-electron chi connectivity index (χ3n) is 7.85. The highest BCUT2D eigenvalue weighted by Crippen LogP contribution is 2.49. The Bertz CT molecular complexity index is 1530. The number of ketones is 4. The average Bonchev–Trinajstić information content (AvgIpc) is 3.11. The fourth-order valence-corrected chi connectivity index (χ4v) is 4.39. The number of aromatic carboxylic acids is 1. The zero-order valence-electron chi connectivity index (χ0n) is 30.6. The molecule has 1 aromatic rings. The van der Waals surface area contributed by atoms with Gasteiger partial charge in [0.25, 0.3) is 0 Å². The number of esters is 1. The molecule has 16 heteroatoms. The van der Waals surface area contributed by atoms with Crippen LogP contribution in [0.25, 0.3) is 0 Å². The molecule has 1 aromatic carbocycles. The van der Waals surface area contributed by atoms with Gasteiger partial charge in [0.2, 0.25) is 22.8 Å². The number of aliphatic hydroxyl groups is 7. The maximum Gasteiger partial charge on any atom is 0.335 e. The van der Waals surface area contributed by atoms with Crippen molar-refractivity contribution in [3.8, 4) is 0 Å². The zero-order valence-corrected chi connectivity index (χ0v) is 30.6. The summed E-state index contributed by atoms with van der Waals surface area (Å²) in [5.41, 5.74) is -7.08. The molecule has 0 bridgehead atoms. The Balaban J connectivity index is 0. The highest BCUT2D eigenvalue weighted by Gasteiger charge is 2.76. The first-order valence-electron chi connectivity index (χ1n) is 15.5. The lowest BCUT2D eigenvalue weighted by Crippen LogP contribution is -2.77. The number of carboxylic acid groups (broad SMARTS) is 1. The highest BCUT2D eigenvalue weighted by atomic mass is 16.6. The molecule has 0 spiro atoms. The first-order chi connectivity index (χ1) is 24.3. The van der Waals surface area contributed by atoms with Gasteiger partial charge in [0.15, 0.2) is 11.6 Å². The molecular formula is C37H51NO15. The van der Waals surface area contributed by atoms with Crippen molar-refractivity contribution in [3.05, 3.63) is 90.6 Å². The Labute approximate surface area is 307 Å². The number of anilines is 1. The smallest absolute Gasteiger partial charge is 0.335 e. The molecule has 0 atom stereocenters. The molecule has 0 heterocycles. The molecule has 0 fully saturated rings. The molecule has 0 amide bonds. The van der Waals surface area contributed by atoms with Crippen LogP contribution < -0.4 is 5.73 Å². The second-order valence-corrected chi connectivity index (χ2v) is 12.5. The van der Waals surface area contributed by atoms with Crippen molar-refractivity contribution in [1.29, 1.82) is 0 Å². The van der Waals surface area contributed by atoms with E-state index in [2.05, 4.69) is 32.9 Å². The number of Topliss-reactive ketones (excluding diaryl/α,β-unsaturated/α-hetero) is 4. The van der Waals surface area contributed by atoms with Crippen LogP contribution in [0.2, 0.25) is 0 Å². The molecule has 1 rings (SSSR count). The van der Waals surface area contributed by atoms with Crippen LogP contribution in [0, 0.1) is 10.8 Å². The topological polar surface area (TPSA) is 300 Å². The van der Waals surface area contributed by atoms with Crippen LogP contribution in [0.3, 0.4) is 0 Å². The summed E-state index contributed by atoms with van der Waals surface area (Å²) in [7, 11) is 0. The number of aliphatic hydroxyl groups excluding tert-OH is 6. The maximum absolute atomic E-state index is 13.6. The molecule has 0 aliphatic heterocycles. The highest BCUT2D eigenvalue weighted by molar-refractivity contribution is 6.28. The van der Waals surface area contributed by atoms with E-state index in [0.29, 0.717) is 5.69 Å². The van der Waals surface area contributed by atoms with Gasteiger partial charge in [-0.15, -0.1) is 0 Å². The summed E-state index contributed by atoms with van der Waals surface area (Å²) < 4.78 is 5.30. The second-order valence-electron chi connectivity index (χ2n) is 12.5. The lowest BCUT2D eigenvalue weighted by Gasteiger charge is -2.52. The number of hydrogen-bond acceptors (Lipinski definition) is 15. The Morgan fingerprint density at radius 3 is 1.11 bits per heavy atom. The van der Waals surface area contributed by atoms with Gasteiger partial charge >= 0.3 is 11.9 Å². The molecule has 0 aromatic heterocycles. The summed E-state index contributed by atoms with van der Waals surface area (Å²) >= 11 is 0. The maximum atomic E-state index is 13.6. The second kappa shape index (κ2) is 20.9. The fourth-order valence-electron chi connectivity index (χ4n) is 4.39. The lowest BCUT2D eigenvalue weighted by atomic mass is 9.54. The normalized spacial score (nSPS) is 11.3. The fraction of sp³-hybridized carbons (Fsp3) is 0.405. The SMILES string of the molecule is C=C(C)C(=O)OC(C(=O)C(=C)C)(C(=O)C(=C)C)C(CO)(CO)C(O)(C(=O)C(=C)C)C(=O)C(=C)C.Nc1ccc(C(=O)O)cc1.OCC(CO)(CO)CO. The Morgan fingerprint density at radius 1 is 0.585 bits per heavy atom. The average molecular weight is 750 g/mol. The van der Waals surface area contributed by atoms with Gasteiger partial charge in [0.1, 0.15) is 5.41 Å². The molecule has 0 saturated carbocycles. The van der Waals surface area contributed by atoms with Gasteiger partial charge in [-0.3, -0.25) is 19.2 Å². The van der Waals surface area contributed by atoms with E-state index in [1.54, 1.807) is 12.1 Å². The summed E-state index contributed by atoms with van der Waals surface area (Å²) in [6.07, 6.45) is 0. The van der Waals surface area contributed by atoms with E-state index in [1.165, 1.54) is 19.1 Å². The monoisotopic (exact) mass is 749 g/mol. The van der Waals surface area contributed by atoms with Crippen molar-refractivity contribution in [1.82, 2.24) is 0 Å². The van der Waals surface area contributed by atoms with Crippen molar-refractivity contribution in [2.24, 2.45) is 10.8 Å². The van der Waals surface area contributed by atoms with Crippen molar-refractivity contribution in [3.63, 3.8) is 0 Å². The Morgan fingerprint density at radius 2 is 0.906 bits per heavy atom. The van der Waals surface area contributed by atoms with Gasteiger partial charge in [-0.25, -0.2) is 9.59 Å². The number of ether oxygens (including phenoxy) is 1. The molecule has 0 aliphatic carbocycles. The number of nitrogen functional groups attached to an aromatic ring is 1. The lowest BCUT2D eigenvalue weighted by molar-refractivity contribution is -0.224. The molecule has 10 N–H and O–H groups in total. The minimum atomic E-state index is -3.54. The van der Waals surface area contributed by atoms with Gasteiger partial charge in [0.05, 0.1) is 50.6 Å². The number of benzene rings is 1. The standard InChI is InChI=1S/C25H32O9.C7H7NO2.C5H12O4/c1-13(2)18(28)24(33,19(29)14(3)4)23(11-26,12-27)25(20(30)15(5)6,21(31)16(7)8)34-22(32)17(9)10;8-6-3-1-5(2-4-6)7(9)10;6-1-5(2-7,3-8)4-9/h26-27,33H,1,3,5,7,9,11-12H2,2,4,6,8,10H3;1-4H,8H2,(H,9,10);6-9H,1-4H2. The summed E-state index contributed by atoms with van der Waals surface area (Å²) in [6.45, 7) is 17.9. The van der Waals surface area contributed by atoms with E-state index in [9.17, 15) is 44.1 Å². The van der Waals surface area contributed by atoms with Crippen LogP contribution in [-0.2, 0) is 28.7 Å². The van der Waals surface area contributed by atoms with Crippen LogP contribution in [0.1, 0.15) is 45.0 Å². The molecule has 0 radical (unpaired) electrons. The number of rotatable bonds is 19. The number of nitrogens with two attached hydrogens (primary N) is 1. The molecule has 53 heavy (non-hydrogen) atoms. The third kappa shape index (κ3) is 10.8. The molecule has 0 aliphatic rings. The molecular weight excluding hydrogens is 698 g/mol. The van der Waals surface area contributed by atoms with E-state index in [-0.39, 0.29) is 11.1 Å². The minimum absolute atomic E-state index is 0.259. The van der Waals surface area contributed by atoms with E-state index in [1.807, 2.05) is 0 Å². The number of carbonyl (C=O) groups excluding carboxylic acids is 5. The minimum Gasteiger partial charge on any atom is -0.478 e. The summed E-state index contributed by atoms with van der Waals surface area (Å²) in [5, 5.41) is 75.3. The van der Waals surface area contributed by atoms with Crippen molar-refractivity contribution < 1.29 is 74.4 Å². The number of carboxylic acids is 1. The summed E-state index contributed by atoms with van der Waals surface area (Å²) in [4.78, 5) is 76.7.